The van der Waals surface area contributed by atoms with Crippen molar-refractivity contribution in [1.82, 2.24) is 0 Å². The molecule has 1 aromatic carbocycles. The maximum atomic E-state index is 11.8. The third kappa shape index (κ3) is 2.97. The van der Waals surface area contributed by atoms with Gasteiger partial charge in [0.1, 0.15) is 5.60 Å². The molecular weight excluding hydrogens is 238 g/mol. The number of carbonyl (C=O) groups excluding carboxylic acids is 1. The van der Waals surface area contributed by atoms with Crippen LogP contribution in [0.3, 0.4) is 0 Å². The summed E-state index contributed by atoms with van der Waals surface area (Å²) in [5.74, 6) is -1.12. The van der Waals surface area contributed by atoms with E-state index in [1.807, 2.05) is 0 Å². The number of benzene rings is 1. The zero-order valence-corrected chi connectivity index (χ0v) is 10.7. The molecule has 0 saturated carbocycles. The van der Waals surface area contributed by atoms with E-state index in [0.717, 1.165) is 6.07 Å². The minimum absolute atomic E-state index is 0.0782. The highest BCUT2D eigenvalue weighted by molar-refractivity contribution is 5.93. The molecule has 0 aliphatic rings. The van der Waals surface area contributed by atoms with Crippen LogP contribution in [0.5, 0.6) is 5.75 Å². The average Bonchev–Trinajstić information content (AvgIpc) is 2.13. The van der Waals surface area contributed by atoms with Gasteiger partial charge in [0.25, 0.3) is 0 Å². The van der Waals surface area contributed by atoms with Crippen LogP contribution in [0.4, 0.5) is 5.69 Å². The van der Waals surface area contributed by atoms with Gasteiger partial charge in [0.05, 0.1) is 10.5 Å². The Bertz CT molecular complexity index is 502. The van der Waals surface area contributed by atoms with E-state index in [4.69, 9.17) is 4.74 Å². The molecule has 18 heavy (non-hydrogen) atoms. The second-order valence-corrected chi connectivity index (χ2v) is 4.86. The smallest absolute Gasteiger partial charge is 0.339 e. The number of hydrogen-bond acceptors (Lipinski definition) is 5. The summed E-state index contributed by atoms with van der Waals surface area (Å²) in [6, 6.07) is 2.43. The minimum atomic E-state index is -0.724. The Kier molecular flexibility index (Phi) is 3.59. The van der Waals surface area contributed by atoms with Crippen molar-refractivity contribution in [3.8, 4) is 5.75 Å². The van der Waals surface area contributed by atoms with Gasteiger partial charge in [0.15, 0.2) is 5.75 Å². The van der Waals surface area contributed by atoms with Crippen molar-refractivity contribution in [2.75, 3.05) is 0 Å². The second-order valence-electron chi connectivity index (χ2n) is 4.86. The first kappa shape index (κ1) is 14.0. The van der Waals surface area contributed by atoms with E-state index in [-0.39, 0.29) is 11.1 Å². The Hall–Kier alpha value is -2.11. The highest BCUT2D eigenvalue weighted by Crippen LogP contribution is 2.32. The lowest BCUT2D eigenvalue weighted by Gasteiger charge is -2.20. The van der Waals surface area contributed by atoms with E-state index in [9.17, 15) is 20.0 Å². The summed E-state index contributed by atoms with van der Waals surface area (Å²) in [7, 11) is 0. The maximum absolute atomic E-state index is 11.8. The molecule has 98 valence electrons. The number of nitro groups is 1. The number of nitrogens with zero attached hydrogens (tertiary/aromatic N) is 1. The molecule has 0 saturated heterocycles. The molecule has 0 amide bonds. The van der Waals surface area contributed by atoms with Gasteiger partial charge in [-0.15, -0.1) is 0 Å². The monoisotopic (exact) mass is 253 g/mol. The van der Waals surface area contributed by atoms with Crippen molar-refractivity contribution in [2.45, 2.75) is 33.3 Å². The van der Waals surface area contributed by atoms with Crippen LogP contribution in [-0.2, 0) is 4.74 Å². The van der Waals surface area contributed by atoms with Crippen LogP contribution in [0, 0.1) is 17.0 Å². The first-order chi connectivity index (χ1) is 8.13. The quantitative estimate of drug-likeness (QED) is 0.497. The Balaban J connectivity index is 3.24. The fourth-order valence-corrected chi connectivity index (χ4v) is 1.47. The molecular formula is C12H15NO5. The molecule has 1 aromatic rings. The van der Waals surface area contributed by atoms with Crippen LogP contribution >= 0.6 is 0 Å². The molecule has 1 N–H and O–H groups in total. The summed E-state index contributed by atoms with van der Waals surface area (Å²) in [5, 5.41) is 20.2. The molecule has 6 nitrogen and oxygen atoms in total. The van der Waals surface area contributed by atoms with Gasteiger partial charge in [-0.1, -0.05) is 0 Å². The summed E-state index contributed by atoms with van der Waals surface area (Å²) in [6.45, 7) is 6.51. The largest absolute Gasteiger partial charge is 0.502 e. The van der Waals surface area contributed by atoms with Gasteiger partial charge in [0.2, 0.25) is 0 Å². The van der Waals surface area contributed by atoms with Crippen LogP contribution < -0.4 is 0 Å². The number of nitro benzene ring substituents is 1. The lowest BCUT2D eigenvalue weighted by Crippen LogP contribution is -2.24. The number of rotatable bonds is 2. The summed E-state index contributed by atoms with van der Waals surface area (Å²) in [6.07, 6.45) is 0. The molecule has 6 heteroatoms. The summed E-state index contributed by atoms with van der Waals surface area (Å²) in [4.78, 5) is 21.9. The topological polar surface area (TPSA) is 89.7 Å². The van der Waals surface area contributed by atoms with Gasteiger partial charge in [-0.05, 0) is 39.8 Å². The third-order valence-electron chi connectivity index (χ3n) is 2.21. The van der Waals surface area contributed by atoms with Gasteiger partial charge >= 0.3 is 11.7 Å². The van der Waals surface area contributed by atoms with Crippen molar-refractivity contribution in [2.24, 2.45) is 0 Å². The number of hydrogen-bond donors (Lipinski definition) is 1. The van der Waals surface area contributed by atoms with E-state index < -0.39 is 27.9 Å². The Morgan fingerprint density at radius 2 is 1.94 bits per heavy atom. The number of carbonyl (C=O) groups is 1. The van der Waals surface area contributed by atoms with Crippen molar-refractivity contribution in [1.29, 1.82) is 0 Å². The SMILES string of the molecule is Cc1c(C(=O)OC(C)(C)C)ccc(O)c1[N+](=O)[O-]. The van der Waals surface area contributed by atoms with Gasteiger partial charge < -0.3 is 9.84 Å². The number of esters is 1. The zero-order valence-electron chi connectivity index (χ0n) is 10.7. The normalized spacial score (nSPS) is 11.1. The lowest BCUT2D eigenvalue weighted by molar-refractivity contribution is -0.386. The number of phenolic OH excluding ortho intramolecular Hbond substituents is 1. The van der Waals surface area contributed by atoms with Crippen molar-refractivity contribution < 1.29 is 19.6 Å². The molecule has 0 spiro atoms. The first-order valence-electron chi connectivity index (χ1n) is 5.34. The highest BCUT2D eigenvalue weighted by atomic mass is 16.6. The van der Waals surface area contributed by atoms with Gasteiger partial charge in [-0.3, -0.25) is 10.1 Å². The van der Waals surface area contributed by atoms with Gasteiger partial charge in [-0.2, -0.15) is 0 Å². The summed E-state index contributed by atoms with van der Waals surface area (Å²) in [5.41, 5.74) is -0.988. The molecule has 0 heterocycles. The molecule has 0 radical (unpaired) electrons. The molecule has 0 unspecified atom stereocenters. The van der Waals surface area contributed by atoms with Gasteiger partial charge in [0, 0.05) is 5.56 Å². The molecule has 0 aliphatic heterocycles. The standard InChI is InChI=1S/C12H15NO5/c1-7-8(11(15)18-12(2,3)4)5-6-9(14)10(7)13(16)17/h5-6,14H,1-4H3. The Morgan fingerprint density at radius 1 is 1.39 bits per heavy atom. The van der Waals surface area contributed by atoms with Crippen molar-refractivity contribution in [3.63, 3.8) is 0 Å². The van der Waals surface area contributed by atoms with E-state index in [2.05, 4.69) is 0 Å². The molecule has 0 aromatic heterocycles. The van der Waals surface area contributed by atoms with Crippen LogP contribution in [-0.4, -0.2) is 21.6 Å². The fourth-order valence-electron chi connectivity index (χ4n) is 1.47. The Morgan fingerprint density at radius 3 is 2.39 bits per heavy atom. The van der Waals surface area contributed by atoms with Crippen molar-refractivity contribution >= 4 is 11.7 Å². The molecule has 0 aliphatic carbocycles. The first-order valence-corrected chi connectivity index (χ1v) is 5.34. The van der Waals surface area contributed by atoms with Gasteiger partial charge in [-0.25, -0.2) is 4.79 Å². The fraction of sp³-hybridized carbons (Fsp3) is 0.417. The summed E-state index contributed by atoms with van der Waals surface area (Å²) >= 11 is 0. The molecule has 1 rings (SSSR count). The van der Waals surface area contributed by atoms with E-state index >= 15 is 0 Å². The lowest BCUT2D eigenvalue weighted by atomic mass is 10.1. The van der Waals surface area contributed by atoms with Crippen molar-refractivity contribution in [3.05, 3.63) is 33.4 Å². The van der Waals surface area contributed by atoms with Crippen LogP contribution in [0.2, 0.25) is 0 Å². The molecule has 0 atom stereocenters. The number of phenols is 1. The zero-order chi connectivity index (χ0) is 14.1. The van der Waals surface area contributed by atoms with E-state index in [1.165, 1.54) is 13.0 Å². The highest BCUT2D eigenvalue weighted by Gasteiger charge is 2.26. The second kappa shape index (κ2) is 4.64. The predicted molar refractivity (Wildman–Crippen MR) is 64.7 cm³/mol. The maximum Gasteiger partial charge on any atom is 0.339 e. The van der Waals surface area contributed by atoms with Crippen LogP contribution in [0.1, 0.15) is 36.7 Å². The number of ether oxygens (including phenoxy) is 1. The third-order valence-corrected chi connectivity index (χ3v) is 2.21. The molecule has 0 bridgehead atoms. The predicted octanol–water partition coefficient (Wildman–Crippen LogP) is 2.56. The number of aromatic hydroxyl groups is 1. The van der Waals surface area contributed by atoms with E-state index in [1.54, 1.807) is 20.8 Å². The Labute approximate surface area is 104 Å². The van der Waals surface area contributed by atoms with Crippen LogP contribution in [0.15, 0.2) is 12.1 Å². The van der Waals surface area contributed by atoms with Crippen LogP contribution in [0.25, 0.3) is 0 Å². The molecule has 0 fully saturated rings. The average molecular weight is 253 g/mol. The van der Waals surface area contributed by atoms with E-state index in [0.29, 0.717) is 0 Å². The summed E-state index contributed by atoms with van der Waals surface area (Å²) < 4.78 is 5.14. The minimum Gasteiger partial charge on any atom is -0.502 e.